The Bertz CT molecular complexity index is 593. The van der Waals surface area contributed by atoms with Crippen LogP contribution < -0.4 is 0 Å². The van der Waals surface area contributed by atoms with Gasteiger partial charge >= 0.3 is 0 Å². The third-order valence-electron chi connectivity index (χ3n) is 2.61. The Morgan fingerprint density at radius 3 is 2.72 bits per heavy atom. The molecule has 2 aromatic rings. The van der Waals surface area contributed by atoms with E-state index in [1.54, 1.807) is 0 Å². The van der Waals surface area contributed by atoms with Gasteiger partial charge in [-0.25, -0.2) is 0 Å². The molecule has 1 heterocycles. The number of halogens is 1. The van der Waals surface area contributed by atoms with Gasteiger partial charge < -0.3 is 0 Å². The van der Waals surface area contributed by atoms with Crippen LogP contribution in [-0.4, -0.2) is 14.8 Å². The van der Waals surface area contributed by atoms with Crippen molar-refractivity contribution in [2.24, 2.45) is 5.92 Å². The molecule has 0 saturated carbocycles. The molecule has 1 aromatic heterocycles. The van der Waals surface area contributed by atoms with E-state index in [0.29, 0.717) is 10.7 Å². The molecule has 0 unspecified atom stereocenters. The van der Waals surface area contributed by atoms with E-state index in [2.05, 4.69) is 30.1 Å². The summed E-state index contributed by atoms with van der Waals surface area (Å²) in [7, 11) is 0. The van der Waals surface area contributed by atoms with Crippen molar-refractivity contribution in [1.29, 1.82) is 0 Å². The average Bonchev–Trinajstić information content (AvgIpc) is 2.58. The predicted molar refractivity (Wildman–Crippen MR) is 77.4 cm³/mol. The molecule has 0 aliphatic carbocycles. The lowest BCUT2D eigenvalue weighted by molar-refractivity contribution is 0.521. The third kappa shape index (κ3) is 2.82. The molecule has 0 bridgehead atoms. The van der Waals surface area contributed by atoms with Crippen LogP contribution in [0, 0.1) is 17.6 Å². The molecular weight excluding hydrogens is 266 g/mol. The second kappa shape index (κ2) is 5.24. The number of nitrogens with one attached hydrogen (secondary N) is 1. The standard InChI is InChI=1S/C13H16ClN3S/c1-8(2)7-17-12(15-16-13(17)18)10-4-9(3)5-11(14)6-10/h4-6,8H,7H2,1-3H3,(H,16,18). The molecule has 0 spiro atoms. The molecule has 1 aromatic carbocycles. The molecule has 0 saturated heterocycles. The normalized spacial score (nSPS) is 11.2. The second-order valence-electron chi connectivity index (χ2n) is 4.87. The molecule has 0 aliphatic heterocycles. The zero-order valence-electron chi connectivity index (χ0n) is 10.7. The van der Waals surface area contributed by atoms with E-state index in [4.69, 9.17) is 23.8 Å². The van der Waals surface area contributed by atoms with Gasteiger partial charge in [-0.3, -0.25) is 9.67 Å². The lowest BCUT2D eigenvalue weighted by atomic mass is 10.1. The van der Waals surface area contributed by atoms with Crippen molar-refractivity contribution in [3.63, 3.8) is 0 Å². The zero-order valence-corrected chi connectivity index (χ0v) is 12.3. The summed E-state index contributed by atoms with van der Waals surface area (Å²) in [6.45, 7) is 7.17. The minimum Gasteiger partial charge on any atom is -0.300 e. The van der Waals surface area contributed by atoms with E-state index in [0.717, 1.165) is 28.5 Å². The molecule has 0 amide bonds. The minimum atomic E-state index is 0.508. The number of aryl methyl sites for hydroxylation is 1. The maximum absolute atomic E-state index is 6.09. The van der Waals surface area contributed by atoms with Gasteiger partial charge in [-0.15, -0.1) is 0 Å². The average molecular weight is 282 g/mol. The number of nitrogens with zero attached hydrogens (tertiary/aromatic N) is 2. The van der Waals surface area contributed by atoms with Gasteiger partial charge in [-0.1, -0.05) is 25.4 Å². The van der Waals surface area contributed by atoms with Gasteiger partial charge in [0, 0.05) is 17.1 Å². The van der Waals surface area contributed by atoms with Crippen LogP contribution >= 0.6 is 23.8 Å². The van der Waals surface area contributed by atoms with Crippen LogP contribution in [0.4, 0.5) is 0 Å². The number of rotatable bonds is 3. The SMILES string of the molecule is Cc1cc(Cl)cc(-c2n[nH]c(=S)n2CC(C)C)c1. The number of benzene rings is 1. The van der Waals surface area contributed by atoms with Crippen molar-refractivity contribution in [3.8, 4) is 11.4 Å². The number of hydrogen-bond donors (Lipinski definition) is 1. The van der Waals surface area contributed by atoms with Crippen LogP contribution in [0.25, 0.3) is 11.4 Å². The molecule has 1 N–H and O–H groups in total. The van der Waals surface area contributed by atoms with Gasteiger partial charge in [0.05, 0.1) is 0 Å². The zero-order chi connectivity index (χ0) is 13.3. The number of aromatic nitrogens is 3. The highest BCUT2D eigenvalue weighted by atomic mass is 35.5. The first kappa shape index (κ1) is 13.3. The molecule has 18 heavy (non-hydrogen) atoms. The number of aromatic amines is 1. The van der Waals surface area contributed by atoms with Gasteiger partial charge in [0.1, 0.15) is 0 Å². The maximum Gasteiger partial charge on any atom is 0.195 e. The highest BCUT2D eigenvalue weighted by Crippen LogP contribution is 2.24. The summed E-state index contributed by atoms with van der Waals surface area (Å²) in [5, 5.41) is 7.88. The molecule has 0 aliphatic rings. The Kier molecular flexibility index (Phi) is 3.88. The molecule has 0 radical (unpaired) electrons. The first-order valence-electron chi connectivity index (χ1n) is 5.90. The largest absolute Gasteiger partial charge is 0.300 e. The van der Waals surface area contributed by atoms with Crippen LogP contribution in [0.2, 0.25) is 5.02 Å². The Morgan fingerprint density at radius 1 is 1.39 bits per heavy atom. The summed E-state index contributed by atoms with van der Waals surface area (Å²) in [6, 6.07) is 5.91. The summed E-state index contributed by atoms with van der Waals surface area (Å²) in [6.07, 6.45) is 0. The fourth-order valence-electron chi connectivity index (χ4n) is 1.94. The van der Waals surface area contributed by atoms with E-state index in [9.17, 15) is 0 Å². The summed E-state index contributed by atoms with van der Waals surface area (Å²) in [5.41, 5.74) is 2.11. The van der Waals surface area contributed by atoms with E-state index in [-0.39, 0.29) is 0 Å². The van der Waals surface area contributed by atoms with Gasteiger partial charge in [0.15, 0.2) is 10.6 Å². The second-order valence-corrected chi connectivity index (χ2v) is 5.70. The van der Waals surface area contributed by atoms with Gasteiger partial charge in [0.2, 0.25) is 0 Å². The molecule has 0 fully saturated rings. The van der Waals surface area contributed by atoms with E-state index in [1.807, 2.05) is 23.6 Å². The van der Waals surface area contributed by atoms with Crippen molar-refractivity contribution in [2.45, 2.75) is 27.3 Å². The monoisotopic (exact) mass is 281 g/mol. The van der Waals surface area contributed by atoms with Crippen LogP contribution in [0.1, 0.15) is 19.4 Å². The van der Waals surface area contributed by atoms with E-state index >= 15 is 0 Å². The molecule has 5 heteroatoms. The minimum absolute atomic E-state index is 0.508. The van der Waals surface area contributed by atoms with Crippen LogP contribution in [0.5, 0.6) is 0 Å². The molecule has 96 valence electrons. The Morgan fingerprint density at radius 2 is 2.11 bits per heavy atom. The van der Waals surface area contributed by atoms with Crippen molar-refractivity contribution in [1.82, 2.24) is 14.8 Å². The van der Waals surface area contributed by atoms with E-state index in [1.165, 1.54) is 0 Å². The molecular formula is C13H16ClN3S. The molecule has 3 nitrogen and oxygen atoms in total. The summed E-state index contributed by atoms with van der Waals surface area (Å²) < 4.78 is 2.67. The lowest BCUT2D eigenvalue weighted by Crippen LogP contribution is -2.06. The van der Waals surface area contributed by atoms with Gasteiger partial charge in [0.25, 0.3) is 0 Å². The maximum atomic E-state index is 6.09. The molecule has 0 atom stereocenters. The van der Waals surface area contributed by atoms with Crippen molar-refractivity contribution in [3.05, 3.63) is 33.6 Å². The summed E-state index contributed by atoms with van der Waals surface area (Å²) >= 11 is 11.4. The van der Waals surface area contributed by atoms with E-state index < -0.39 is 0 Å². The smallest absolute Gasteiger partial charge is 0.195 e. The summed E-state index contributed by atoms with van der Waals surface area (Å²) in [5.74, 6) is 1.35. The fraction of sp³-hybridized carbons (Fsp3) is 0.385. The number of H-pyrrole nitrogens is 1. The fourth-order valence-corrected chi connectivity index (χ4v) is 2.43. The Hall–Kier alpha value is -1.13. The van der Waals surface area contributed by atoms with Crippen LogP contribution in [-0.2, 0) is 6.54 Å². The predicted octanol–water partition coefficient (Wildman–Crippen LogP) is 4.23. The van der Waals surface area contributed by atoms with Crippen molar-refractivity contribution < 1.29 is 0 Å². The van der Waals surface area contributed by atoms with Crippen LogP contribution in [0.15, 0.2) is 18.2 Å². The first-order valence-corrected chi connectivity index (χ1v) is 6.68. The Labute approximate surface area is 117 Å². The lowest BCUT2D eigenvalue weighted by Gasteiger charge is -2.10. The topological polar surface area (TPSA) is 33.6 Å². The Balaban J connectivity index is 2.53. The highest BCUT2D eigenvalue weighted by Gasteiger charge is 2.11. The third-order valence-corrected chi connectivity index (χ3v) is 3.14. The first-order chi connectivity index (χ1) is 8.47. The number of hydrogen-bond acceptors (Lipinski definition) is 2. The summed E-state index contributed by atoms with van der Waals surface area (Å²) in [4.78, 5) is 0. The molecule has 2 rings (SSSR count). The van der Waals surface area contributed by atoms with Crippen molar-refractivity contribution >= 4 is 23.8 Å². The van der Waals surface area contributed by atoms with Crippen LogP contribution in [0.3, 0.4) is 0 Å². The highest BCUT2D eigenvalue weighted by molar-refractivity contribution is 7.71. The van der Waals surface area contributed by atoms with Gasteiger partial charge in [-0.05, 0) is 48.8 Å². The van der Waals surface area contributed by atoms with Crippen molar-refractivity contribution in [2.75, 3.05) is 0 Å². The quantitative estimate of drug-likeness (QED) is 0.855. The van der Waals surface area contributed by atoms with Gasteiger partial charge in [-0.2, -0.15) is 5.10 Å².